The molecule has 0 aliphatic heterocycles. The Labute approximate surface area is 114 Å². The van der Waals surface area contributed by atoms with E-state index in [1.54, 1.807) is 6.92 Å². The minimum absolute atomic E-state index is 0.00658. The fraction of sp³-hybridized carbons (Fsp3) is 0.500. The molecule has 0 saturated carbocycles. The molecule has 1 aromatic heterocycles. The highest BCUT2D eigenvalue weighted by Gasteiger charge is 2.33. The number of amides is 1. The molecule has 0 aromatic carbocycles. The molecule has 1 unspecified atom stereocenters. The molecule has 0 aliphatic carbocycles. The zero-order chi connectivity index (χ0) is 13.9. The van der Waals surface area contributed by atoms with Gasteiger partial charge in [0.05, 0.1) is 17.5 Å². The Morgan fingerprint density at radius 1 is 1.56 bits per heavy atom. The molecule has 1 amide bonds. The Hall–Kier alpha value is -1.30. The van der Waals surface area contributed by atoms with Gasteiger partial charge in [0.1, 0.15) is 6.26 Å². The summed E-state index contributed by atoms with van der Waals surface area (Å²) < 4.78 is 5.44. The maximum absolute atomic E-state index is 12.0. The molecule has 1 atom stereocenters. The van der Waals surface area contributed by atoms with Gasteiger partial charge in [-0.1, -0.05) is 13.8 Å². The molecule has 0 fully saturated rings. The number of hydrogen-bond donors (Lipinski definition) is 2. The molecule has 0 radical (unpaired) electrons. The summed E-state index contributed by atoms with van der Waals surface area (Å²) in [4.78, 5) is 22.8. The lowest BCUT2D eigenvalue weighted by atomic mass is 9.85. The standard InChI is InChI=1S/C12H16BrNO4/c1-7(2)12(3,5-10(15)16)14-11(17)8-4-9(13)18-6-8/h4,6-7H,5H2,1-3H3,(H,14,17)(H,15,16). The highest BCUT2D eigenvalue weighted by atomic mass is 79.9. The minimum Gasteiger partial charge on any atom is -0.481 e. The molecule has 0 saturated heterocycles. The summed E-state index contributed by atoms with van der Waals surface area (Å²) in [5.41, 5.74) is -0.439. The van der Waals surface area contributed by atoms with Crippen LogP contribution in [0.3, 0.4) is 0 Å². The second kappa shape index (κ2) is 5.56. The number of carbonyl (C=O) groups excluding carboxylic acids is 1. The average Bonchev–Trinajstić information content (AvgIpc) is 2.63. The molecule has 1 aromatic rings. The van der Waals surface area contributed by atoms with Gasteiger partial charge in [0.2, 0.25) is 0 Å². The molecule has 5 nitrogen and oxygen atoms in total. The lowest BCUT2D eigenvalue weighted by molar-refractivity contribution is -0.138. The summed E-state index contributed by atoms with van der Waals surface area (Å²) in [5.74, 6) is -1.30. The monoisotopic (exact) mass is 317 g/mol. The minimum atomic E-state index is -0.945. The van der Waals surface area contributed by atoms with Gasteiger partial charge in [0.25, 0.3) is 5.91 Å². The van der Waals surface area contributed by atoms with E-state index in [1.807, 2.05) is 13.8 Å². The third-order valence-corrected chi connectivity index (χ3v) is 3.44. The predicted molar refractivity (Wildman–Crippen MR) is 69.4 cm³/mol. The van der Waals surface area contributed by atoms with Crippen molar-refractivity contribution in [3.8, 4) is 0 Å². The Kier molecular flexibility index (Phi) is 4.56. The lowest BCUT2D eigenvalue weighted by Gasteiger charge is -2.33. The molecule has 100 valence electrons. The zero-order valence-electron chi connectivity index (χ0n) is 10.5. The van der Waals surface area contributed by atoms with Crippen molar-refractivity contribution >= 4 is 27.8 Å². The van der Waals surface area contributed by atoms with Gasteiger partial charge in [-0.25, -0.2) is 0 Å². The predicted octanol–water partition coefficient (Wildman–Crippen LogP) is 2.66. The van der Waals surface area contributed by atoms with Gasteiger partial charge < -0.3 is 14.8 Å². The first-order valence-corrected chi connectivity index (χ1v) is 6.32. The van der Waals surface area contributed by atoms with E-state index in [4.69, 9.17) is 9.52 Å². The second-order valence-electron chi connectivity index (χ2n) is 4.74. The molecular weight excluding hydrogens is 302 g/mol. The van der Waals surface area contributed by atoms with Crippen molar-refractivity contribution in [1.29, 1.82) is 0 Å². The van der Waals surface area contributed by atoms with Gasteiger partial charge in [-0.15, -0.1) is 0 Å². The van der Waals surface area contributed by atoms with E-state index in [-0.39, 0.29) is 18.2 Å². The van der Waals surface area contributed by atoms with Crippen LogP contribution in [-0.4, -0.2) is 22.5 Å². The van der Waals surface area contributed by atoms with Crippen LogP contribution >= 0.6 is 15.9 Å². The molecule has 2 N–H and O–H groups in total. The molecule has 1 heterocycles. The number of furan rings is 1. The number of nitrogens with one attached hydrogen (secondary N) is 1. The summed E-state index contributed by atoms with van der Waals surface area (Å²) in [6.45, 7) is 5.46. The van der Waals surface area contributed by atoms with Gasteiger partial charge in [-0.05, 0) is 28.8 Å². The van der Waals surface area contributed by atoms with Crippen LogP contribution in [0.15, 0.2) is 21.4 Å². The van der Waals surface area contributed by atoms with Crippen LogP contribution in [0.1, 0.15) is 37.6 Å². The Morgan fingerprint density at radius 2 is 2.17 bits per heavy atom. The summed E-state index contributed by atoms with van der Waals surface area (Å²) in [5, 5.41) is 11.7. The van der Waals surface area contributed by atoms with Crippen LogP contribution < -0.4 is 5.32 Å². The molecule has 0 aliphatic rings. The van der Waals surface area contributed by atoms with Crippen LogP contribution in [0.5, 0.6) is 0 Å². The van der Waals surface area contributed by atoms with E-state index in [0.717, 1.165) is 0 Å². The normalized spacial score (nSPS) is 14.3. The Bertz CT molecular complexity index is 455. The SMILES string of the molecule is CC(C)C(C)(CC(=O)O)NC(=O)c1coc(Br)c1. The number of carbonyl (C=O) groups is 2. The second-order valence-corrected chi connectivity index (χ2v) is 5.52. The fourth-order valence-electron chi connectivity index (χ4n) is 1.47. The number of halogens is 1. The first-order valence-electron chi connectivity index (χ1n) is 5.53. The van der Waals surface area contributed by atoms with Crippen LogP contribution in [0.4, 0.5) is 0 Å². The van der Waals surface area contributed by atoms with Crippen LogP contribution in [0.2, 0.25) is 0 Å². The smallest absolute Gasteiger partial charge is 0.305 e. The average molecular weight is 318 g/mol. The van der Waals surface area contributed by atoms with E-state index in [0.29, 0.717) is 10.2 Å². The van der Waals surface area contributed by atoms with Gasteiger partial charge in [-0.2, -0.15) is 0 Å². The summed E-state index contributed by atoms with van der Waals surface area (Å²) in [7, 11) is 0. The van der Waals surface area contributed by atoms with Crippen LogP contribution in [-0.2, 0) is 4.79 Å². The van der Waals surface area contributed by atoms with E-state index in [1.165, 1.54) is 12.3 Å². The third kappa shape index (κ3) is 3.60. The van der Waals surface area contributed by atoms with Crippen molar-refractivity contribution < 1.29 is 19.1 Å². The Morgan fingerprint density at radius 3 is 2.56 bits per heavy atom. The highest BCUT2D eigenvalue weighted by Crippen LogP contribution is 2.22. The molecule has 6 heteroatoms. The van der Waals surface area contributed by atoms with E-state index in [9.17, 15) is 9.59 Å². The molecule has 0 spiro atoms. The van der Waals surface area contributed by atoms with Crippen molar-refractivity contribution in [2.45, 2.75) is 32.7 Å². The maximum atomic E-state index is 12.0. The number of rotatable bonds is 5. The number of hydrogen-bond acceptors (Lipinski definition) is 3. The largest absolute Gasteiger partial charge is 0.481 e. The van der Waals surface area contributed by atoms with Crippen molar-refractivity contribution in [3.63, 3.8) is 0 Å². The first kappa shape index (κ1) is 14.8. The molecule has 1 rings (SSSR count). The molecular formula is C12H16BrNO4. The summed E-state index contributed by atoms with van der Waals surface area (Å²) in [6, 6.07) is 1.54. The molecule has 0 bridgehead atoms. The van der Waals surface area contributed by atoms with Crippen molar-refractivity contribution in [1.82, 2.24) is 5.32 Å². The lowest BCUT2D eigenvalue weighted by Crippen LogP contribution is -2.51. The maximum Gasteiger partial charge on any atom is 0.305 e. The fourth-order valence-corrected chi connectivity index (χ4v) is 1.81. The summed E-state index contributed by atoms with van der Waals surface area (Å²) in [6.07, 6.45) is 1.19. The van der Waals surface area contributed by atoms with Crippen molar-refractivity contribution in [2.75, 3.05) is 0 Å². The third-order valence-electron chi connectivity index (χ3n) is 3.02. The van der Waals surface area contributed by atoms with E-state index < -0.39 is 11.5 Å². The van der Waals surface area contributed by atoms with E-state index in [2.05, 4.69) is 21.2 Å². The quantitative estimate of drug-likeness (QED) is 0.875. The number of aliphatic carboxylic acids is 1. The van der Waals surface area contributed by atoms with Crippen molar-refractivity contribution in [2.24, 2.45) is 5.92 Å². The topological polar surface area (TPSA) is 79.5 Å². The van der Waals surface area contributed by atoms with Gasteiger partial charge >= 0.3 is 5.97 Å². The van der Waals surface area contributed by atoms with Crippen LogP contribution in [0.25, 0.3) is 0 Å². The highest BCUT2D eigenvalue weighted by molar-refractivity contribution is 9.10. The Balaban J connectivity index is 2.84. The van der Waals surface area contributed by atoms with Crippen molar-refractivity contribution in [3.05, 3.63) is 22.6 Å². The zero-order valence-corrected chi connectivity index (χ0v) is 12.1. The summed E-state index contributed by atoms with van der Waals surface area (Å²) >= 11 is 3.11. The first-order chi connectivity index (χ1) is 8.24. The van der Waals surface area contributed by atoms with Gasteiger partial charge in [0.15, 0.2) is 4.67 Å². The number of carboxylic acids is 1. The molecule has 18 heavy (non-hydrogen) atoms. The van der Waals surface area contributed by atoms with Crippen LogP contribution in [0, 0.1) is 5.92 Å². The number of carboxylic acid groups (broad SMARTS) is 1. The van der Waals surface area contributed by atoms with E-state index >= 15 is 0 Å². The van der Waals surface area contributed by atoms with Gasteiger partial charge in [-0.3, -0.25) is 9.59 Å². The van der Waals surface area contributed by atoms with Gasteiger partial charge in [0, 0.05) is 6.07 Å².